The monoisotopic (exact) mass is 237 g/mol. The Balaban J connectivity index is 1.97. The van der Waals surface area contributed by atoms with Crippen molar-refractivity contribution in [1.29, 1.82) is 0 Å². The van der Waals surface area contributed by atoms with E-state index in [2.05, 4.69) is 43.6 Å². The van der Waals surface area contributed by atoms with Crippen LogP contribution in [0.1, 0.15) is 51.0 Å². The Morgan fingerprint density at radius 3 is 2.56 bits per heavy atom. The van der Waals surface area contributed by atoms with Gasteiger partial charge in [-0.25, -0.2) is 0 Å². The van der Waals surface area contributed by atoms with E-state index in [0.29, 0.717) is 12.1 Å². The van der Waals surface area contributed by atoms with Crippen molar-refractivity contribution in [1.82, 2.24) is 5.32 Å². The molecule has 2 heteroatoms. The Kier molecular flexibility index (Phi) is 4.04. The number of nitrogens with one attached hydrogen (secondary N) is 1. The lowest BCUT2D eigenvalue weighted by Crippen LogP contribution is -2.43. The van der Waals surface area contributed by atoms with Crippen LogP contribution < -0.4 is 5.32 Å². The fourth-order valence-corrected chi connectivity index (χ4v) is 3.66. The number of rotatable bonds is 3. The van der Waals surface area contributed by atoms with E-state index in [-0.39, 0.29) is 0 Å². The average molecular weight is 237 g/mol. The summed E-state index contributed by atoms with van der Waals surface area (Å²) in [5.41, 5.74) is 0. The summed E-state index contributed by atoms with van der Waals surface area (Å²) in [5, 5.41) is 6.00. The maximum atomic E-state index is 3.83. The summed E-state index contributed by atoms with van der Waals surface area (Å²) in [5.74, 6) is 1.65. The first-order valence-electron chi connectivity index (χ1n) is 6.48. The van der Waals surface area contributed by atoms with Crippen molar-refractivity contribution in [3.8, 4) is 0 Å². The van der Waals surface area contributed by atoms with Crippen molar-refractivity contribution in [3.63, 3.8) is 0 Å². The molecule has 1 aliphatic rings. The molecule has 1 aromatic heterocycles. The summed E-state index contributed by atoms with van der Waals surface area (Å²) in [6.07, 6.45) is 4.19. The minimum Gasteiger partial charge on any atom is -0.306 e. The van der Waals surface area contributed by atoms with Gasteiger partial charge in [-0.05, 0) is 43.0 Å². The molecule has 2 unspecified atom stereocenters. The molecule has 1 fully saturated rings. The Hall–Kier alpha value is -0.340. The second-order valence-corrected chi connectivity index (χ2v) is 6.29. The molecular weight excluding hydrogens is 214 g/mol. The largest absolute Gasteiger partial charge is 0.306 e. The van der Waals surface area contributed by atoms with E-state index in [9.17, 15) is 0 Å². The number of thiophene rings is 1. The number of hydrogen-bond donors (Lipinski definition) is 1. The van der Waals surface area contributed by atoms with Gasteiger partial charge in [0.1, 0.15) is 0 Å². The van der Waals surface area contributed by atoms with Crippen LogP contribution in [0.15, 0.2) is 17.5 Å². The van der Waals surface area contributed by atoms with Crippen LogP contribution in [-0.4, -0.2) is 6.04 Å². The van der Waals surface area contributed by atoms with E-state index < -0.39 is 0 Å². The summed E-state index contributed by atoms with van der Waals surface area (Å²) in [6, 6.07) is 5.59. The van der Waals surface area contributed by atoms with Crippen molar-refractivity contribution in [2.24, 2.45) is 11.8 Å². The van der Waals surface area contributed by atoms with Gasteiger partial charge < -0.3 is 5.32 Å². The fraction of sp³-hybridized carbons (Fsp3) is 0.714. The smallest absolute Gasteiger partial charge is 0.0388 e. The third-order valence-electron chi connectivity index (χ3n) is 3.96. The molecule has 1 heterocycles. The van der Waals surface area contributed by atoms with Gasteiger partial charge in [0.15, 0.2) is 0 Å². The highest BCUT2D eigenvalue weighted by atomic mass is 32.1. The highest BCUT2D eigenvalue weighted by Crippen LogP contribution is 2.31. The molecule has 0 aliphatic heterocycles. The molecule has 1 N–H and O–H groups in total. The molecule has 1 nitrogen and oxygen atoms in total. The van der Waals surface area contributed by atoms with Gasteiger partial charge in [0.05, 0.1) is 0 Å². The molecular formula is C14H23NS. The third kappa shape index (κ3) is 2.67. The Bertz CT molecular complexity index is 297. The van der Waals surface area contributed by atoms with Crippen molar-refractivity contribution in [2.45, 2.75) is 52.1 Å². The highest BCUT2D eigenvalue weighted by molar-refractivity contribution is 7.10. The van der Waals surface area contributed by atoms with Crippen LogP contribution in [0.2, 0.25) is 0 Å². The first-order valence-corrected chi connectivity index (χ1v) is 7.36. The molecule has 1 aliphatic carbocycles. The molecule has 90 valence electrons. The topological polar surface area (TPSA) is 12.0 Å². The zero-order valence-corrected chi connectivity index (χ0v) is 11.4. The maximum absolute atomic E-state index is 3.83. The average Bonchev–Trinajstić information content (AvgIpc) is 2.76. The summed E-state index contributed by atoms with van der Waals surface area (Å²) in [6.45, 7) is 7.09. The van der Waals surface area contributed by atoms with Crippen molar-refractivity contribution < 1.29 is 0 Å². The van der Waals surface area contributed by atoms with E-state index in [4.69, 9.17) is 0 Å². The Labute approximate surface area is 103 Å². The minimum absolute atomic E-state index is 0.507. The molecule has 16 heavy (non-hydrogen) atoms. The first kappa shape index (κ1) is 12.1. The first-order chi connectivity index (χ1) is 7.68. The van der Waals surface area contributed by atoms with E-state index in [0.717, 1.165) is 11.8 Å². The molecule has 0 radical (unpaired) electrons. The van der Waals surface area contributed by atoms with Gasteiger partial charge in [-0.3, -0.25) is 0 Å². The van der Waals surface area contributed by atoms with Crippen molar-refractivity contribution in [2.75, 3.05) is 0 Å². The lowest BCUT2D eigenvalue weighted by molar-refractivity contribution is 0.196. The second-order valence-electron chi connectivity index (χ2n) is 5.32. The van der Waals surface area contributed by atoms with Crippen LogP contribution in [0.3, 0.4) is 0 Å². The van der Waals surface area contributed by atoms with Crippen LogP contribution in [-0.2, 0) is 0 Å². The minimum atomic E-state index is 0.507. The van der Waals surface area contributed by atoms with Gasteiger partial charge in [0.25, 0.3) is 0 Å². The standard InChI is InChI=1S/C14H23NS/c1-10-6-4-7-11(2)14(10)15-12(3)13-8-5-9-16-13/h5,8-12,14-15H,4,6-7H2,1-3H3/t10?,11?,12-,14?/m1/s1. The van der Waals surface area contributed by atoms with Crippen LogP contribution in [0, 0.1) is 11.8 Å². The predicted octanol–water partition coefficient (Wildman–Crippen LogP) is 4.22. The molecule has 1 aromatic rings. The maximum Gasteiger partial charge on any atom is 0.0388 e. The molecule has 2 rings (SSSR count). The fourth-order valence-electron chi connectivity index (χ4n) is 2.92. The van der Waals surface area contributed by atoms with Gasteiger partial charge in [-0.1, -0.05) is 26.3 Å². The Morgan fingerprint density at radius 2 is 2.00 bits per heavy atom. The second kappa shape index (κ2) is 5.33. The third-order valence-corrected chi connectivity index (χ3v) is 5.01. The zero-order valence-electron chi connectivity index (χ0n) is 10.6. The van der Waals surface area contributed by atoms with Gasteiger partial charge >= 0.3 is 0 Å². The molecule has 0 spiro atoms. The zero-order chi connectivity index (χ0) is 11.5. The molecule has 3 atom stereocenters. The molecule has 0 bridgehead atoms. The molecule has 0 saturated heterocycles. The lowest BCUT2D eigenvalue weighted by atomic mass is 9.78. The summed E-state index contributed by atoms with van der Waals surface area (Å²) < 4.78 is 0. The molecule has 0 aromatic carbocycles. The molecule has 0 amide bonds. The van der Waals surface area contributed by atoms with Gasteiger partial charge in [-0.2, -0.15) is 0 Å². The van der Waals surface area contributed by atoms with Crippen LogP contribution in [0.25, 0.3) is 0 Å². The van der Waals surface area contributed by atoms with Crippen LogP contribution in [0.5, 0.6) is 0 Å². The quantitative estimate of drug-likeness (QED) is 0.830. The van der Waals surface area contributed by atoms with Crippen LogP contribution in [0.4, 0.5) is 0 Å². The van der Waals surface area contributed by atoms with Gasteiger partial charge in [0.2, 0.25) is 0 Å². The van der Waals surface area contributed by atoms with Crippen LogP contribution >= 0.6 is 11.3 Å². The Morgan fingerprint density at radius 1 is 1.31 bits per heavy atom. The van der Waals surface area contributed by atoms with E-state index in [1.807, 2.05) is 11.3 Å². The molecule has 1 saturated carbocycles. The SMILES string of the molecule is CC1CCCC(C)C1N[C@H](C)c1cccs1. The van der Waals surface area contributed by atoms with Gasteiger partial charge in [0, 0.05) is 17.0 Å². The van der Waals surface area contributed by atoms with E-state index in [1.54, 1.807) is 0 Å². The normalized spacial score (nSPS) is 32.6. The van der Waals surface area contributed by atoms with Crippen molar-refractivity contribution in [3.05, 3.63) is 22.4 Å². The summed E-state index contributed by atoms with van der Waals surface area (Å²) in [7, 11) is 0. The van der Waals surface area contributed by atoms with E-state index in [1.165, 1.54) is 24.1 Å². The van der Waals surface area contributed by atoms with Crippen molar-refractivity contribution >= 4 is 11.3 Å². The van der Waals surface area contributed by atoms with E-state index >= 15 is 0 Å². The van der Waals surface area contributed by atoms with Gasteiger partial charge in [-0.15, -0.1) is 11.3 Å². The summed E-state index contributed by atoms with van der Waals surface area (Å²) in [4.78, 5) is 1.46. The lowest BCUT2D eigenvalue weighted by Gasteiger charge is -2.37. The summed E-state index contributed by atoms with van der Waals surface area (Å²) >= 11 is 1.86. The number of hydrogen-bond acceptors (Lipinski definition) is 2. The predicted molar refractivity (Wildman–Crippen MR) is 71.8 cm³/mol. The highest BCUT2D eigenvalue weighted by Gasteiger charge is 2.28.